The summed E-state index contributed by atoms with van der Waals surface area (Å²) in [6.07, 6.45) is 4.91. The number of aryl methyl sites for hydroxylation is 1. The van der Waals surface area contributed by atoms with Crippen LogP contribution in [0.5, 0.6) is 0 Å². The number of hydrogen-bond donors (Lipinski definition) is 0. The van der Waals surface area contributed by atoms with Crippen molar-refractivity contribution in [2.75, 3.05) is 0 Å². The van der Waals surface area contributed by atoms with Crippen molar-refractivity contribution in [1.82, 2.24) is 14.6 Å². The Hall–Kier alpha value is -2.27. The molecule has 1 atom stereocenters. The van der Waals surface area contributed by atoms with Crippen molar-refractivity contribution in [3.05, 3.63) is 51.3 Å². The first-order chi connectivity index (χ1) is 12.4. The van der Waals surface area contributed by atoms with Crippen LogP contribution in [0.25, 0.3) is 26.6 Å². The van der Waals surface area contributed by atoms with Gasteiger partial charge in [-0.2, -0.15) is 9.61 Å². The van der Waals surface area contributed by atoms with Gasteiger partial charge in [0, 0.05) is 15.6 Å². The molecule has 5 rings (SSSR count). The molecule has 0 bridgehead atoms. The van der Waals surface area contributed by atoms with Crippen molar-refractivity contribution < 1.29 is 0 Å². The molecule has 0 unspecified atom stereocenters. The van der Waals surface area contributed by atoms with Crippen molar-refractivity contribution in [2.24, 2.45) is 11.3 Å². The van der Waals surface area contributed by atoms with Crippen LogP contribution in [0.1, 0.15) is 37.6 Å². The third-order valence-electron chi connectivity index (χ3n) is 5.80. The third-order valence-corrected chi connectivity index (χ3v) is 6.95. The van der Waals surface area contributed by atoms with Crippen molar-refractivity contribution in [1.29, 1.82) is 0 Å². The molecule has 4 nitrogen and oxygen atoms in total. The highest BCUT2D eigenvalue weighted by molar-refractivity contribution is 7.18. The van der Waals surface area contributed by atoms with Crippen molar-refractivity contribution >= 4 is 38.0 Å². The van der Waals surface area contributed by atoms with Gasteiger partial charge in [-0.1, -0.05) is 45.0 Å². The second-order valence-electron chi connectivity index (χ2n) is 8.37. The monoisotopic (exact) mass is 363 g/mol. The van der Waals surface area contributed by atoms with Gasteiger partial charge >= 0.3 is 0 Å². The zero-order valence-electron chi connectivity index (χ0n) is 15.2. The summed E-state index contributed by atoms with van der Waals surface area (Å²) in [4.78, 5) is 20.3. The predicted molar refractivity (Wildman–Crippen MR) is 107 cm³/mol. The van der Waals surface area contributed by atoms with Crippen molar-refractivity contribution in [2.45, 2.75) is 40.0 Å². The summed E-state index contributed by atoms with van der Waals surface area (Å²) in [5.41, 5.74) is 2.14. The van der Waals surface area contributed by atoms with Gasteiger partial charge in [0.05, 0.1) is 11.6 Å². The molecule has 1 aliphatic rings. The van der Waals surface area contributed by atoms with E-state index in [1.807, 2.05) is 24.3 Å². The van der Waals surface area contributed by atoms with Crippen LogP contribution >= 0.6 is 11.3 Å². The lowest BCUT2D eigenvalue weighted by molar-refractivity contribution is 0.218. The van der Waals surface area contributed by atoms with Crippen molar-refractivity contribution in [3.8, 4) is 0 Å². The molecule has 1 aromatic carbocycles. The fourth-order valence-electron chi connectivity index (χ4n) is 4.17. The highest BCUT2D eigenvalue weighted by atomic mass is 32.1. The van der Waals surface area contributed by atoms with E-state index in [1.54, 1.807) is 17.5 Å². The Kier molecular flexibility index (Phi) is 3.29. The van der Waals surface area contributed by atoms with E-state index >= 15 is 0 Å². The van der Waals surface area contributed by atoms with E-state index in [4.69, 9.17) is 4.98 Å². The molecule has 0 saturated heterocycles. The molecule has 0 saturated carbocycles. The second kappa shape index (κ2) is 5.36. The maximum Gasteiger partial charge on any atom is 0.283 e. The molecule has 0 N–H and O–H groups in total. The lowest BCUT2D eigenvalue weighted by atomic mass is 9.72. The normalized spacial score (nSPS) is 17.9. The average molecular weight is 363 g/mol. The van der Waals surface area contributed by atoms with Crippen LogP contribution in [0, 0.1) is 11.3 Å². The van der Waals surface area contributed by atoms with Crippen molar-refractivity contribution in [3.63, 3.8) is 0 Å². The van der Waals surface area contributed by atoms with Crippen LogP contribution in [-0.4, -0.2) is 14.6 Å². The lowest BCUT2D eigenvalue weighted by Crippen LogP contribution is -2.26. The Morgan fingerprint density at radius 1 is 1.23 bits per heavy atom. The minimum absolute atomic E-state index is 0.0255. The Morgan fingerprint density at radius 2 is 2.04 bits per heavy atom. The highest BCUT2D eigenvalue weighted by Gasteiger charge is 2.32. The summed E-state index contributed by atoms with van der Waals surface area (Å²) in [6.45, 7) is 6.94. The smallest absolute Gasteiger partial charge is 0.267 e. The summed E-state index contributed by atoms with van der Waals surface area (Å²) in [6, 6.07) is 7.97. The first kappa shape index (κ1) is 15.9. The minimum Gasteiger partial charge on any atom is -0.267 e. The zero-order valence-corrected chi connectivity index (χ0v) is 16.1. The van der Waals surface area contributed by atoms with E-state index in [1.165, 1.54) is 15.0 Å². The SMILES string of the molecule is CC(C)(C)[C@H]1CCc2c(sc3nc4c5ccccc5cnn4c(=O)c23)C1. The maximum absolute atomic E-state index is 13.2. The average Bonchev–Trinajstić information content (AvgIpc) is 2.98. The number of fused-ring (bicyclic) bond motifs is 6. The quantitative estimate of drug-likeness (QED) is 0.429. The Bertz CT molecular complexity index is 1230. The molecule has 0 fully saturated rings. The fraction of sp³-hybridized carbons (Fsp3) is 0.381. The number of rotatable bonds is 0. The van der Waals surface area contributed by atoms with Crippen LogP contribution in [-0.2, 0) is 12.8 Å². The molecule has 0 amide bonds. The molecule has 0 aliphatic heterocycles. The molecule has 3 aromatic heterocycles. The van der Waals surface area contributed by atoms with Gasteiger partial charge in [-0.3, -0.25) is 4.79 Å². The molecule has 0 radical (unpaired) electrons. The number of benzene rings is 1. The molecule has 5 heteroatoms. The van der Waals surface area contributed by atoms with Gasteiger partial charge in [0.1, 0.15) is 4.83 Å². The van der Waals surface area contributed by atoms with E-state index in [2.05, 4.69) is 25.9 Å². The van der Waals surface area contributed by atoms with Gasteiger partial charge in [0.2, 0.25) is 0 Å². The Balaban J connectivity index is 1.80. The molecule has 132 valence electrons. The first-order valence-electron chi connectivity index (χ1n) is 9.14. The topological polar surface area (TPSA) is 47.3 Å². The summed E-state index contributed by atoms with van der Waals surface area (Å²) < 4.78 is 1.48. The maximum atomic E-state index is 13.2. The molecule has 3 heterocycles. The van der Waals surface area contributed by atoms with Gasteiger partial charge in [-0.25, -0.2) is 4.98 Å². The summed E-state index contributed by atoms with van der Waals surface area (Å²) >= 11 is 1.70. The number of thiophene rings is 1. The Morgan fingerprint density at radius 3 is 2.85 bits per heavy atom. The van der Waals surface area contributed by atoms with E-state index in [0.29, 0.717) is 17.0 Å². The number of aromatic nitrogens is 3. The van der Waals surface area contributed by atoms with E-state index in [-0.39, 0.29) is 5.56 Å². The van der Waals surface area contributed by atoms with Gasteiger partial charge in [0.25, 0.3) is 5.56 Å². The molecular formula is C21H21N3OS. The molecule has 1 aliphatic carbocycles. The van der Waals surface area contributed by atoms with Crippen LogP contribution in [0.3, 0.4) is 0 Å². The Labute approximate surface area is 155 Å². The van der Waals surface area contributed by atoms with Gasteiger partial charge < -0.3 is 0 Å². The predicted octanol–water partition coefficient (Wildman–Crippen LogP) is 4.61. The second-order valence-corrected chi connectivity index (χ2v) is 9.46. The van der Waals surface area contributed by atoms with E-state index < -0.39 is 0 Å². The lowest BCUT2D eigenvalue weighted by Gasteiger charge is -2.33. The molecule has 0 spiro atoms. The molecule has 26 heavy (non-hydrogen) atoms. The van der Waals surface area contributed by atoms with Gasteiger partial charge in [-0.15, -0.1) is 11.3 Å². The molecule has 4 aromatic rings. The zero-order chi connectivity index (χ0) is 18.1. The highest BCUT2D eigenvalue weighted by Crippen LogP contribution is 2.42. The summed E-state index contributed by atoms with van der Waals surface area (Å²) in [5.74, 6) is 0.652. The third kappa shape index (κ3) is 2.23. The molecular weight excluding hydrogens is 342 g/mol. The summed E-state index contributed by atoms with van der Waals surface area (Å²) in [7, 11) is 0. The minimum atomic E-state index is -0.0255. The number of hydrogen-bond acceptors (Lipinski definition) is 4. The standard InChI is InChI=1S/C21H21N3OS/c1-21(2,3)13-8-9-15-16(10-13)26-19-17(15)20(25)24-18(23-19)14-7-5-4-6-12(14)11-22-24/h4-7,11,13H,8-10H2,1-3H3/t13-/m0/s1. The largest absolute Gasteiger partial charge is 0.283 e. The summed E-state index contributed by atoms with van der Waals surface area (Å²) in [5, 5.41) is 7.16. The number of nitrogens with zero attached hydrogens (tertiary/aromatic N) is 3. The van der Waals surface area contributed by atoms with E-state index in [0.717, 1.165) is 40.3 Å². The van der Waals surface area contributed by atoms with Crippen LogP contribution in [0.2, 0.25) is 0 Å². The van der Waals surface area contributed by atoms with Crippen LogP contribution in [0.15, 0.2) is 35.3 Å². The van der Waals surface area contributed by atoms with Crippen LogP contribution < -0.4 is 5.56 Å². The van der Waals surface area contributed by atoms with Crippen LogP contribution in [0.4, 0.5) is 0 Å². The fourth-order valence-corrected chi connectivity index (χ4v) is 5.46. The van der Waals surface area contributed by atoms with Gasteiger partial charge in [-0.05, 0) is 36.2 Å². The van der Waals surface area contributed by atoms with E-state index in [9.17, 15) is 4.79 Å². The first-order valence-corrected chi connectivity index (χ1v) is 9.96. The van der Waals surface area contributed by atoms with Gasteiger partial charge in [0.15, 0.2) is 5.65 Å².